The van der Waals surface area contributed by atoms with Gasteiger partial charge >= 0.3 is 0 Å². The monoisotopic (exact) mass is 373 g/mol. The highest BCUT2D eigenvalue weighted by Gasteiger charge is 2.21. The lowest BCUT2D eigenvalue weighted by Gasteiger charge is -2.35. The predicted molar refractivity (Wildman–Crippen MR) is 110 cm³/mol. The molecule has 26 heavy (non-hydrogen) atoms. The highest BCUT2D eigenvalue weighted by atomic mass is 35.5. The van der Waals surface area contributed by atoms with Crippen molar-refractivity contribution in [1.29, 1.82) is 0 Å². The van der Waals surface area contributed by atoms with E-state index >= 15 is 0 Å². The van der Waals surface area contributed by atoms with Gasteiger partial charge in [0.25, 0.3) is 0 Å². The Morgan fingerprint density at radius 1 is 0.923 bits per heavy atom. The number of amides is 1. The van der Waals surface area contributed by atoms with Crippen molar-refractivity contribution in [2.24, 2.45) is 0 Å². The lowest BCUT2D eigenvalue weighted by Crippen LogP contribution is -2.49. The number of nitrogens with zero attached hydrogens (tertiary/aromatic N) is 2. The van der Waals surface area contributed by atoms with Gasteiger partial charge in [-0.1, -0.05) is 48.5 Å². The molecule has 1 aliphatic rings. The molecule has 5 heteroatoms. The van der Waals surface area contributed by atoms with Crippen LogP contribution in [0.3, 0.4) is 0 Å². The molecule has 2 aromatic rings. The number of rotatable bonds is 5. The van der Waals surface area contributed by atoms with Crippen LogP contribution in [0.25, 0.3) is 0 Å². The summed E-state index contributed by atoms with van der Waals surface area (Å²) in [4.78, 5) is 16.9. The second kappa shape index (κ2) is 9.60. The van der Waals surface area contributed by atoms with E-state index in [9.17, 15) is 4.79 Å². The van der Waals surface area contributed by atoms with E-state index in [1.165, 1.54) is 16.7 Å². The molecule has 0 aromatic heterocycles. The Balaban J connectivity index is 0.00000243. The van der Waals surface area contributed by atoms with E-state index in [0.29, 0.717) is 6.54 Å². The van der Waals surface area contributed by atoms with Crippen LogP contribution in [-0.4, -0.2) is 48.4 Å². The summed E-state index contributed by atoms with van der Waals surface area (Å²) in [7, 11) is 0. The summed E-state index contributed by atoms with van der Waals surface area (Å²) < 4.78 is 0. The van der Waals surface area contributed by atoms with Gasteiger partial charge in [-0.05, 0) is 30.5 Å². The number of anilines is 1. The molecule has 1 fully saturated rings. The van der Waals surface area contributed by atoms with E-state index in [-0.39, 0.29) is 18.3 Å². The van der Waals surface area contributed by atoms with E-state index in [2.05, 4.69) is 60.5 Å². The lowest BCUT2D eigenvalue weighted by atomic mass is 10.1. The average molecular weight is 374 g/mol. The standard InChI is InChI=1S/C21H27N3O.ClH/c1-17-7-6-8-18(2)21(17)22-15-20(25)24-13-11-23(12-14-24)16-19-9-4-3-5-10-19;/h3-10,22H,11-16H2,1-2H3;1H. The Kier molecular flexibility index (Phi) is 7.49. The third-order valence-electron chi connectivity index (χ3n) is 4.87. The molecule has 0 saturated carbocycles. The molecule has 2 aromatic carbocycles. The fourth-order valence-electron chi connectivity index (χ4n) is 3.37. The van der Waals surface area contributed by atoms with Gasteiger partial charge in [0.2, 0.25) is 5.91 Å². The summed E-state index contributed by atoms with van der Waals surface area (Å²) in [5, 5.41) is 3.32. The number of piperazine rings is 1. The first-order chi connectivity index (χ1) is 12.1. The Labute approximate surface area is 162 Å². The van der Waals surface area contributed by atoms with Gasteiger partial charge in [0.05, 0.1) is 6.54 Å². The molecular weight excluding hydrogens is 346 g/mol. The fraction of sp³-hybridized carbons (Fsp3) is 0.381. The number of benzene rings is 2. The van der Waals surface area contributed by atoms with Crippen molar-refractivity contribution in [3.8, 4) is 0 Å². The molecule has 0 unspecified atom stereocenters. The quantitative estimate of drug-likeness (QED) is 0.871. The summed E-state index contributed by atoms with van der Waals surface area (Å²) >= 11 is 0. The van der Waals surface area contributed by atoms with Crippen molar-refractivity contribution >= 4 is 24.0 Å². The van der Waals surface area contributed by atoms with Gasteiger partial charge in [-0.25, -0.2) is 0 Å². The van der Waals surface area contributed by atoms with Crippen LogP contribution in [0.2, 0.25) is 0 Å². The van der Waals surface area contributed by atoms with Gasteiger partial charge in [0.1, 0.15) is 0 Å². The summed E-state index contributed by atoms with van der Waals surface area (Å²) in [6.45, 7) is 8.95. The third-order valence-corrected chi connectivity index (χ3v) is 4.87. The first-order valence-corrected chi connectivity index (χ1v) is 8.97. The van der Waals surface area contributed by atoms with Crippen molar-refractivity contribution in [3.05, 3.63) is 65.2 Å². The number of aryl methyl sites for hydroxylation is 2. The van der Waals surface area contributed by atoms with Gasteiger partial charge in [-0.3, -0.25) is 9.69 Å². The second-order valence-electron chi connectivity index (χ2n) is 6.76. The number of hydrogen-bond acceptors (Lipinski definition) is 3. The second-order valence-corrected chi connectivity index (χ2v) is 6.76. The van der Waals surface area contributed by atoms with Crippen molar-refractivity contribution < 1.29 is 4.79 Å². The van der Waals surface area contributed by atoms with Crippen LogP contribution in [0.5, 0.6) is 0 Å². The molecule has 1 N–H and O–H groups in total. The van der Waals surface area contributed by atoms with Crippen LogP contribution in [0, 0.1) is 13.8 Å². The van der Waals surface area contributed by atoms with Gasteiger partial charge in [0, 0.05) is 38.4 Å². The molecule has 0 bridgehead atoms. The average Bonchev–Trinajstić information content (AvgIpc) is 2.62. The number of halogens is 1. The Hall–Kier alpha value is -2.04. The highest BCUT2D eigenvalue weighted by Crippen LogP contribution is 2.19. The molecule has 0 aliphatic carbocycles. The molecular formula is C21H28ClN3O. The molecule has 4 nitrogen and oxygen atoms in total. The molecule has 0 radical (unpaired) electrons. The minimum Gasteiger partial charge on any atom is -0.376 e. The van der Waals surface area contributed by atoms with Crippen LogP contribution in [-0.2, 0) is 11.3 Å². The number of carbonyl (C=O) groups excluding carboxylic acids is 1. The number of nitrogens with one attached hydrogen (secondary N) is 1. The first-order valence-electron chi connectivity index (χ1n) is 8.97. The Morgan fingerprint density at radius 2 is 1.54 bits per heavy atom. The maximum atomic E-state index is 12.5. The minimum absolute atomic E-state index is 0. The maximum absolute atomic E-state index is 12.5. The number of carbonyl (C=O) groups is 1. The summed E-state index contributed by atoms with van der Waals surface area (Å²) in [5.41, 5.74) is 4.78. The molecule has 0 spiro atoms. The fourth-order valence-corrected chi connectivity index (χ4v) is 3.37. The van der Waals surface area contributed by atoms with Gasteiger partial charge in [-0.2, -0.15) is 0 Å². The topological polar surface area (TPSA) is 35.6 Å². The van der Waals surface area contributed by atoms with Crippen molar-refractivity contribution in [3.63, 3.8) is 0 Å². The smallest absolute Gasteiger partial charge is 0.241 e. The number of hydrogen-bond donors (Lipinski definition) is 1. The van der Waals surface area contributed by atoms with Crippen molar-refractivity contribution in [2.75, 3.05) is 38.0 Å². The zero-order valence-electron chi connectivity index (χ0n) is 15.6. The molecule has 1 aliphatic heterocycles. The number of para-hydroxylation sites is 1. The molecule has 1 amide bonds. The largest absolute Gasteiger partial charge is 0.376 e. The van der Waals surface area contributed by atoms with E-state index in [1.807, 2.05) is 17.0 Å². The molecule has 1 heterocycles. The van der Waals surface area contributed by atoms with Crippen molar-refractivity contribution in [1.82, 2.24) is 9.80 Å². The van der Waals surface area contributed by atoms with E-state index in [0.717, 1.165) is 38.4 Å². The molecule has 1 saturated heterocycles. The molecule has 0 atom stereocenters. The van der Waals surface area contributed by atoms with Gasteiger partial charge in [-0.15, -0.1) is 12.4 Å². The summed E-state index contributed by atoms with van der Waals surface area (Å²) in [6.07, 6.45) is 0. The summed E-state index contributed by atoms with van der Waals surface area (Å²) in [5.74, 6) is 0.182. The SMILES string of the molecule is Cc1cccc(C)c1NCC(=O)N1CCN(Cc2ccccc2)CC1.Cl. The van der Waals surface area contributed by atoms with Crippen LogP contribution >= 0.6 is 12.4 Å². The maximum Gasteiger partial charge on any atom is 0.241 e. The highest BCUT2D eigenvalue weighted by molar-refractivity contribution is 5.85. The third kappa shape index (κ3) is 5.23. The van der Waals surface area contributed by atoms with Gasteiger partial charge < -0.3 is 10.2 Å². The van der Waals surface area contributed by atoms with E-state index < -0.39 is 0 Å². The van der Waals surface area contributed by atoms with Crippen LogP contribution in [0.1, 0.15) is 16.7 Å². The van der Waals surface area contributed by atoms with Crippen molar-refractivity contribution in [2.45, 2.75) is 20.4 Å². The zero-order chi connectivity index (χ0) is 17.6. The van der Waals surface area contributed by atoms with Crippen LogP contribution in [0.15, 0.2) is 48.5 Å². The van der Waals surface area contributed by atoms with Gasteiger partial charge in [0.15, 0.2) is 0 Å². The Morgan fingerprint density at radius 3 is 2.15 bits per heavy atom. The predicted octanol–water partition coefficient (Wildman–Crippen LogP) is 3.48. The zero-order valence-corrected chi connectivity index (χ0v) is 16.4. The first kappa shape index (κ1) is 20.3. The van der Waals surface area contributed by atoms with E-state index in [4.69, 9.17) is 0 Å². The molecule has 3 rings (SSSR count). The Bertz CT molecular complexity index is 692. The summed E-state index contributed by atoms with van der Waals surface area (Å²) in [6, 6.07) is 16.7. The van der Waals surface area contributed by atoms with Crippen LogP contribution < -0.4 is 5.32 Å². The minimum atomic E-state index is 0. The van der Waals surface area contributed by atoms with E-state index in [1.54, 1.807) is 0 Å². The lowest BCUT2D eigenvalue weighted by molar-refractivity contribution is -0.131. The molecule has 140 valence electrons. The normalized spacial score (nSPS) is 14.6. The van der Waals surface area contributed by atoms with Crippen LogP contribution in [0.4, 0.5) is 5.69 Å².